The zero-order valence-electron chi connectivity index (χ0n) is 6.38. The average Bonchev–Trinajstić information content (AvgIpc) is 2.07. The Morgan fingerprint density at radius 1 is 1.57 bits per heavy atom. The van der Waals surface area contributed by atoms with Gasteiger partial charge in [0.2, 0.25) is 0 Å². The Balaban J connectivity index is 3.50. The first-order chi connectivity index (χ1) is 6.45. The number of halogens is 4. The molecule has 0 saturated heterocycles. The molecular formula is C6H2BrF3N2O2. The fourth-order valence-electron chi connectivity index (χ4n) is 0.850. The number of hydrogen-bond donors (Lipinski definition) is 0. The van der Waals surface area contributed by atoms with Crippen LogP contribution in [0.15, 0.2) is 10.7 Å². The Hall–Kier alpha value is -1.18. The summed E-state index contributed by atoms with van der Waals surface area (Å²) in [7, 11) is 0. The highest BCUT2D eigenvalue weighted by Gasteiger charge is 2.30. The maximum absolute atomic E-state index is 12.7. The highest BCUT2D eigenvalue weighted by atomic mass is 79.9. The smallest absolute Gasteiger partial charge is 0.258 e. The van der Waals surface area contributed by atoms with Crippen molar-refractivity contribution in [1.82, 2.24) is 4.98 Å². The van der Waals surface area contributed by atoms with Crippen LogP contribution in [0.3, 0.4) is 0 Å². The van der Waals surface area contributed by atoms with E-state index in [4.69, 9.17) is 0 Å². The van der Waals surface area contributed by atoms with Gasteiger partial charge in [-0.1, -0.05) is 0 Å². The largest absolute Gasteiger partial charge is 0.333 e. The molecule has 4 nitrogen and oxygen atoms in total. The van der Waals surface area contributed by atoms with Gasteiger partial charge in [-0.2, -0.15) is 4.39 Å². The van der Waals surface area contributed by atoms with E-state index in [-0.39, 0.29) is 4.47 Å². The first-order valence-electron chi connectivity index (χ1n) is 3.21. The third kappa shape index (κ3) is 1.84. The van der Waals surface area contributed by atoms with E-state index in [1.807, 2.05) is 0 Å². The minimum atomic E-state index is -3.14. The zero-order valence-corrected chi connectivity index (χ0v) is 7.96. The van der Waals surface area contributed by atoms with Crippen LogP contribution in [0.4, 0.5) is 18.9 Å². The van der Waals surface area contributed by atoms with Gasteiger partial charge in [0.1, 0.15) is 5.56 Å². The van der Waals surface area contributed by atoms with Gasteiger partial charge in [0.25, 0.3) is 12.4 Å². The van der Waals surface area contributed by atoms with Crippen LogP contribution in [0.5, 0.6) is 0 Å². The molecule has 1 aromatic heterocycles. The van der Waals surface area contributed by atoms with Crippen LogP contribution in [0.2, 0.25) is 0 Å². The molecule has 0 aliphatic heterocycles. The van der Waals surface area contributed by atoms with E-state index in [9.17, 15) is 23.3 Å². The molecule has 0 spiro atoms. The molecule has 1 heterocycles. The van der Waals surface area contributed by atoms with Gasteiger partial charge in [-0.3, -0.25) is 10.1 Å². The predicted molar refractivity (Wildman–Crippen MR) is 43.5 cm³/mol. The number of nitrogens with zero attached hydrogens (tertiary/aromatic N) is 2. The summed E-state index contributed by atoms with van der Waals surface area (Å²) in [6.45, 7) is 0. The van der Waals surface area contributed by atoms with Gasteiger partial charge in [0.05, 0.1) is 9.40 Å². The second-order valence-corrected chi connectivity index (χ2v) is 3.07. The second-order valence-electron chi connectivity index (χ2n) is 2.22. The molecule has 14 heavy (non-hydrogen) atoms. The standard InChI is InChI=1S/C6H2BrF3N2O2/c7-2-1-11-6(10)4(12(13)14)3(2)5(8)9/h1,5H. The lowest BCUT2D eigenvalue weighted by Gasteiger charge is -2.03. The van der Waals surface area contributed by atoms with Gasteiger partial charge >= 0.3 is 5.69 Å². The first-order valence-corrected chi connectivity index (χ1v) is 4.01. The summed E-state index contributed by atoms with van der Waals surface area (Å²) < 4.78 is 37.0. The fourth-order valence-corrected chi connectivity index (χ4v) is 1.31. The van der Waals surface area contributed by atoms with E-state index in [0.717, 1.165) is 6.20 Å². The summed E-state index contributed by atoms with van der Waals surface area (Å²) in [4.78, 5) is 12.0. The molecule has 8 heteroatoms. The highest BCUT2D eigenvalue weighted by Crippen LogP contribution is 2.35. The van der Waals surface area contributed by atoms with Gasteiger partial charge in [-0.25, -0.2) is 13.8 Å². The molecule has 1 rings (SSSR count). The lowest BCUT2D eigenvalue weighted by Crippen LogP contribution is -2.02. The summed E-state index contributed by atoms with van der Waals surface area (Å²) in [5.41, 5.74) is -2.29. The second kappa shape index (κ2) is 3.91. The van der Waals surface area contributed by atoms with E-state index < -0.39 is 28.5 Å². The normalized spacial score (nSPS) is 10.6. The van der Waals surface area contributed by atoms with Crippen LogP contribution in [0, 0.1) is 16.1 Å². The Morgan fingerprint density at radius 2 is 2.14 bits per heavy atom. The van der Waals surface area contributed by atoms with Crippen LogP contribution < -0.4 is 0 Å². The van der Waals surface area contributed by atoms with Crippen molar-refractivity contribution in [1.29, 1.82) is 0 Å². The molecule has 0 amide bonds. The Bertz CT molecular complexity index is 386. The van der Waals surface area contributed by atoms with Gasteiger partial charge in [0, 0.05) is 6.20 Å². The minimum absolute atomic E-state index is 0.291. The van der Waals surface area contributed by atoms with Gasteiger partial charge < -0.3 is 0 Å². The van der Waals surface area contributed by atoms with Crippen molar-refractivity contribution in [3.8, 4) is 0 Å². The Labute approximate surface area is 84.0 Å². The molecule has 0 atom stereocenters. The first kappa shape index (κ1) is 10.9. The van der Waals surface area contributed by atoms with Crippen LogP contribution in [0.25, 0.3) is 0 Å². The third-order valence-corrected chi connectivity index (χ3v) is 2.03. The molecule has 0 unspecified atom stereocenters. The summed E-state index contributed by atoms with van der Waals surface area (Å²) in [5, 5.41) is 10.3. The summed E-state index contributed by atoms with van der Waals surface area (Å²) in [6, 6.07) is 0. The van der Waals surface area contributed by atoms with Crippen molar-refractivity contribution in [2.45, 2.75) is 6.43 Å². The van der Waals surface area contributed by atoms with Crippen LogP contribution >= 0.6 is 15.9 Å². The van der Waals surface area contributed by atoms with Crippen molar-refractivity contribution in [2.24, 2.45) is 0 Å². The van der Waals surface area contributed by atoms with Gasteiger partial charge in [-0.05, 0) is 15.9 Å². The fraction of sp³-hybridized carbons (Fsp3) is 0.167. The topological polar surface area (TPSA) is 56.0 Å². The van der Waals surface area contributed by atoms with Crippen molar-refractivity contribution in [2.75, 3.05) is 0 Å². The van der Waals surface area contributed by atoms with Crippen LogP contribution in [-0.2, 0) is 0 Å². The number of aromatic nitrogens is 1. The van der Waals surface area contributed by atoms with Gasteiger partial charge in [-0.15, -0.1) is 0 Å². The summed E-state index contributed by atoms with van der Waals surface area (Å²) >= 11 is 2.64. The Kier molecular flexibility index (Phi) is 3.04. The molecule has 1 aromatic rings. The van der Waals surface area contributed by atoms with E-state index >= 15 is 0 Å². The predicted octanol–water partition coefficient (Wildman–Crippen LogP) is 2.83. The Morgan fingerprint density at radius 3 is 2.50 bits per heavy atom. The molecule has 0 aromatic carbocycles. The molecule has 0 aliphatic carbocycles. The molecule has 76 valence electrons. The number of hydrogen-bond acceptors (Lipinski definition) is 3. The maximum atomic E-state index is 12.7. The minimum Gasteiger partial charge on any atom is -0.258 e. The maximum Gasteiger partial charge on any atom is 0.333 e. The van der Waals surface area contributed by atoms with E-state index in [0.29, 0.717) is 0 Å². The number of nitro groups is 1. The highest BCUT2D eigenvalue weighted by molar-refractivity contribution is 9.10. The van der Waals surface area contributed by atoms with Crippen LogP contribution in [0.1, 0.15) is 12.0 Å². The third-order valence-electron chi connectivity index (χ3n) is 1.40. The monoisotopic (exact) mass is 270 g/mol. The van der Waals surface area contributed by atoms with E-state index in [1.54, 1.807) is 0 Å². The molecule has 0 radical (unpaired) electrons. The zero-order chi connectivity index (χ0) is 10.9. The number of pyridine rings is 1. The summed E-state index contributed by atoms with van der Waals surface area (Å²) in [5.74, 6) is -1.52. The lowest BCUT2D eigenvalue weighted by molar-refractivity contribution is -0.389. The van der Waals surface area contributed by atoms with Crippen molar-refractivity contribution in [3.63, 3.8) is 0 Å². The molecular weight excluding hydrogens is 269 g/mol. The van der Waals surface area contributed by atoms with Crippen molar-refractivity contribution in [3.05, 3.63) is 32.3 Å². The SMILES string of the molecule is O=[N+]([O-])c1c(F)ncc(Br)c1C(F)F. The van der Waals surface area contributed by atoms with Crippen molar-refractivity contribution < 1.29 is 18.1 Å². The quantitative estimate of drug-likeness (QED) is 0.472. The van der Waals surface area contributed by atoms with E-state index in [2.05, 4.69) is 20.9 Å². The van der Waals surface area contributed by atoms with E-state index in [1.165, 1.54) is 0 Å². The van der Waals surface area contributed by atoms with Crippen LogP contribution in [-0.4, -0.2) is 9.91 Å². The van der Waals surface area contributed by atoms with Gasteiger partial charge in [0.15, 0.2) is 0 Å². The number of alkyl halides is 2. The molecule has 0 fully saturated rings. The molecule has 0 aliphatic rings. The molecule has 0 bridgehead atoms. The van der Waals surface area contributed by atoms with Crippen molar-refractivity contribution >= 4 is 21.6 Å². The average molecular weight is 271 g/mol. The lowest BCUT2D eigenvalue weighted by atomic mass is 10.2. The molecule has 0 N–H and O–H groups in total. The molecule has 0 saturated carbocycles. The summed E-state index contributed by atoms with van der Waals surface area (Å²) in [6.07, 6.45) is -2.38. The number of rotatable bonds is 2.